The van der Waals surface area contributed by atoms with Gasteiger partial charge in [0.15, 0.2) is 5.96 Å². The second-order valence-electron chi connectivity index (χ2n) is 5.80. The zero-order chi connectivity index (χ0) is 17.6. The van der Waals surface area contributed by atoms with E-state index in [-0.39, 0.29) is 5.82 Å². The smallest absolute Gasteiger partial charge is 0.191 e. The first kappa shape index (κ1) is 20.4. The Bertz CT molecular complexity index is 455. The maximum absolute atomic E-state index is 12.9. The van der Waals surface area contributed by atoms with E-state index < -0.39 is 0 Å². The Morgan fingerprint density at radius 2 is 1.75 bits per heavy atom. The maximum Gasteiger partial charge on any atom is 0.191 e. The number of guanidine groups is 1. The van der Waals surface area contributed by atoms with Crippen LogP contribution < -0.4 is 10.6 Å². The van der Waals surface area contributed by atoms with Gasteiger partial charge in [0.2, 0.25) is 0 Å². The van der Waals surface area contributed by atoms with Gasteiger partial charge in [-0.3, -0.25) is 4.99 Å². The molecule has 0 amide bonds. The number of hydrogen-bond acceptors (Lipinski definition) is 2. The summed E-state index contributed by atoms with van der Waals surface area (Å²) < 4.78 is 12.9. The summed E-state index contributed by atoms with van der Waals surface area (Å²) in [7, 11) is 0. The molecule has 1 rings (SSSR count). The third kappa shape index (κ3) is 8.87. The van der Waals surface area contributed by atoms with Gasteiger partial charge in [-0.2, -0.15) is 0 Å². The molecule has 2 N–H and O–H groups in total. The topological polar surface area (TPSA) is 39.7 Å². The number of rotatable bonds is 11. The van der Waals surface area contributed by atoms with Crippen LogP contribution in [0.25, 0.3) is 0 Å². The van der Waals surface area contributed by atoms with Crippen molar-refractivity contribution in [1.82, 2.24) is 15.5 Å². The van der Waals surface area contributed by atoms with Crippen LogP contribution in [-0.2, 0) is 6.42 Å². The summed E-state index contributed by atoms with van der Waals surface area (Å²) in [4.78, 5) is 7.06. The number of aliphatic imine (C=N–C) groups is 1. The van der Waals surface area contributed by atoms with Crippen molar-refractivity contribution >= 4 is 5.96 Å². The first-order valence-electron chi connectivity index (χ1n) is 9.18. The molecule has 0 aliphatic carbocycles. The average molecular weight is 336 g/mol. The van der Waals surface area contributed by atoms with Crippen molar-refractivity contribution in [2.75, 3.05) is 39.3 Å². The quantitative estimate of drug-likeness (QED) is 0.371. The summed E-state index contributed by atoms with van der Waals surface area (Å²) in [6.45, 7) is 12.3. The van der Waals surface area contributed by atoms with E-state index in [1.165, 1.54) is 18.6 Å². The fourth-order valence-electron chi connectivity index (χ4n) is 2.50. The molecule has 0 bridgehead atoms. The number of nitrogens with one attached hydrogen (secondary N) is 2. The highest BCUT2D eigenvalue weighted by Gasteiger charge is 2.00. The molecule has 136 valence electrons. The highest BCUT2D eigenvalue weighted by molar-refractivity contribution is 5.79. The first-order valence-corrected chi connectivity index (χ1v) is 9.18. The van der Waals surface area contributed by atoms with Crippen LogP contribution in [-0.4, -0.2) is 50.1 Å². The molecule has 0 unspecified atom stereocenters. The Balaban J connectivity index is 2.27. The molecule has 1 aromatic carbocycles. The van der Waals surface area contributed by atoms with Gasteiger partial charge in [-0.25, -0.2) is 4.39 Å². The van der Waals surface area contributed by atoms with Crippen LogP contribution in [0.1, 0.15) is 39.2 Å². The lowest BCUT2D eigenvalue weighted by atomic mass is 10.1. The van der Waals surface area contributed by atoms with Gasteiger partial charge in [-0.05, 0) is 63.5 Å². The van der Waals surface area contributed by atoms with Gasteiger partial charge >= 0.3 is 0 Å². The van der Waals surface area contributed by atoms with Crippen LogP contribution in [0.15, 0.2) is 29.3 Å². The van der Waals surface area contributed by atoms with E-state index >= 15 is 0 Å². The van der Waals surface area contributed by atoms with Crippen molar-refractivity contribution < 1.29 is 4.39 Å². The van der Waals surface area contributed by atoms with Crippen LogP contribution in [0.5, 0.6) is 0 Å². The average Bonchev–Trinajstić information content (AvgIpc) is 2.59. The van der Waals surface area contributed by atoms with E-state index in [9.17, 15) is 4.39 Å². The lowest BCUT2D eigenvalue weighted by molar-refractivity contribution is 0.297. The van der Waals surface area contributed by atoms with Crippen molar-refractivity contribution in [3.63, 3.8) is 0 Å². The highest BCUT2D eigenvalue weighted by atomic mass is 19.1. The van der Waals surface area contributed by atoms with Crippen molar-refractivity contribution in [2.24, 2.45) is 4.99 Å². The lowest BCUT2D eigenvalue weighted by Crippen LogP contribution is -2.38. The Morgan fingerprint density at radius 3 is 2.38 bits per heavy atom. The number of unbranched alkanes of at least 4 members (excludes halogenated alkanes) is 1. The number of nitrogens with zero attached hydrogens (tertiary/aromatic N) is 2. The Labute approximate surface area is 146 Å². The molecule has 0 saturated carbocycles. The van der Waals surface area contributed by atoms with Gasteiger partial charge in [0.1, 0.15) is 5.82 Å². The molecule has 0 aliphatic rings. The largest absolute Gasteiger partial charge is 0.357 e. The molecule has 0 fully saturated rings. The van der Waals surface area contributed by atoms with Crippen molar-refractivity contribution in [3.05, 3.63) is 35.6 Å². The normalized spacial score (nSPS) is 11.8. The fourth-order valence-corrected chi connectivity index (χ4v) is 2.50. The van der Waals surface area contributed by atoms with Crippen molar-refractivity contribution in [2.45, 2.75) is 40.0 Å². The molecule has 0 spiro atoms. The Kier molecular flexibility index (Phi) is 10.9. The standard InChI is InChI=1S/C19H33FN4/c1-4-21-19(22-14-7-8-16-24(5-2)6-3)23-15-13-17-9-11-18(20)12-10-17/h9-12H,4-8,13-16H2,1-3H3,(H2,21,22,23). The van der Waals surface area contributed by atoms with Gasteiger partial charge in [-0.15, -0.1) is 0 Å². The molecule has 0 aromatic heterocycles. The minimum atomic E-state index is -0.189. The van der Waals surface area contributed by atoms with Gasteiger partial charge in [0.05, 0.1) is 0 Å². The monoisotopic (exact) mass is 336 g/mol. The predicted octanol–water partition coefficient (Wildman–Crippen LogP) is 3.05. The number of halogens is 1. The van der Waals surface area contributed by atoms with Gasteiger partial charge in [0.25, 0.3) is 0 Å². The summed E-state index contributed by atoms with van der Waals surface area (Å²) in [5.41, 5.74) is 1.12. The van der Waals surface area contributed by atoms with Crippen molar-refractivity contribution in [1.29, 1.82) is 0 Å². The molecule has 4 nitrogen and oxygen atoms in total. The SMILES string of the molecule is CCNC(=NCCCCN(CC)CC)NCCc1ccc(F)cc1. The fraction of sp³-hybridized carbons (Fsp3) is 0.632. The summed E-state index contributed by atoms with van der Waals surface area (Å²) in [6, 6.07) is 6.66. The molecule has 0 aliphatic heterocycles. The second kappa shape index (κ2) is 12.8. The lowest BCUT2D eigenvalue weighted by Gasteiger charge is -2.17. The van der Waals surface area contributed by atoms with Crippen LogP contribution in [0, 0.1) is 5.82 Å². The molecule has 0 atom stereocenters. The first-order chi connectivity index (χ1) is 11.7. The second-order valence-corrected chi connectivity index (χ2v) is 5.80. The third-order valence-electron chi connectivity index (χ3n) is 4.01. The highest BCUT2D eigenvalue weighted by Crippen LogP contribution is 2.02. The molecule has 1 aromatic rings. The molecule has 5 heteroatoms. The predicted molar refractivity (Wildman–Crippen MR) is 101 cm³/mol. The summed E-state index contributed by atoms with van der Waals surface area (Å²) in [5, 5.41) is 6.61. The Hall–Kier alpha value is -1.62. The van der Waals surface area contributed by atoms with Gasteiger partial charge in [-0.1, -0.05) is 26.0 Å². The van der Waals surface area contributed by atoms with Crippen LogP contribution in [0.2, 0.25) is 0 Å². The minimum Gasteiger partial charge on any atom is -0.357 e. The van der Waals surface area contributed by atoms with Gasteiger partial charge < -0.3 is 15.5 Å². The zero-order valence-corrected chi connectivity index (χ0v) is 15.4. The van der Waals surface area contributed by atoms with E-state index in [0.29, 0.717) is 0 Å². The molecule has 0 heterocycles. The maximum atomic E-state index is 12.9. The van der Waals surface area contributed by atoms with Crippen molar-refractivity contribution in [3.8, 4) is 0 Å². The molecular weight excluding hydrogens is 303 g/mol. The third-order valence-corrected chi connectivity index (χ3v) is 4.01. The summed E-state index contributed by atoms with van der Waals surface area (Å²) in [6.07, 6.45) is 3.14. The zero-order valence-electron chi connectivity index (χ0n) is 15.4. The van der Waals surface area contributed by atoms with E-state index in [4.69, 9.17) is 0 Å². The van der Waals surface area contributed by atoms with Gasteiger partial charge in [0, 0.05) is 19.6 Å². The molecule has 0 radical (unpaired) electrons. The minimum absolute atomic E-state index is 0.189. The van der Waals surface area contributed by atoms with E-state index in [1.807, 2.05) is 12.1 Å². The van der Waals surface area contributed by atoms with E-state index in [1.54, 1.807) is 0 Å². The van der Waals surface area contributed by atoms with Crippen LogP contribution >= 0.6 is 0 Å². The summed E-state index contributed by atoms with van der Waals surface area (Å²) >= 11 is 0. The Morgan fingerprint density at radius 1 is 1.04 bits per heavy atom. The number of benzene rings is 1. The summed E-state index contributed by atoms with van der Waals surface area (Å²) in [5.74, 6) is 0.675. The van der Waals surface area contributed by atoms with E-state index in [2.05, 4.69) is 41.3 Å². The van der Waals surface area contributed by atoms with Crippen LogP contribution in [0.4, 0.5) is 4.39 Å². The number of hydrogen-bond donors (Lipinski definition) is 2. The molecule has 24 heavy (non-hydrogen) atoms. The molecular formula is C19H33FN4. The van der Waals surface area contributed by atoms with Crippen LogP contribution in [0.3, 0.4) is 0 Å². The van der Waals surface area contributed by atoms with E-state index in [0.717, 1.165) is 63.6 Å². The molecule has 0 saturated heterocycles.